The van der Waals surface area contributed by atoms with Crippen LogP contribution < -0.4 is 5.32 Å². The van der Waals surface area contributed by atoms with Crippen LogP contribution in [0.15, 0.2) is 42.6 Å². The number of nitrogens with one attached hydrogen (secondary N) is 1. The van der Waals surface area contributed by atoms with E-state index in [4.69, 9.17) is 5.11 Å². The number of carboxylic acid groups (broad SMARTS) is 1. The Hall–Kier alpha value is -2.76. The number of pyridine rings is 1. The predicted octanol–water partition coefficient (Wildman–Crippen LogP) is 1.85. The third-order valence-corrected chi connectivity index (χ3v) is 2.59. The molecule has 1 amide bonds. The molecule has 0 aliphatic carbocycles. The van der Waals surface area contributed by atoms with Gasteiger partial charge in [-0.2, -0.15) is 0 Å². The van der Waals surface area contributed by atoms with Crippen molar-refractivity contribution in [1.82, 2.24) is 10.3 Å². The molecule has 2 N–H and O–H groups in total. The highest BCUT2D eigenvalue weighted by atomic mass is 19.1. The van der Waals surface area contributed by atoms with Gasteiger partial charge >= 0.3 is 5.97 Å². The first-order valence-electron chi connectivity index (χ1n) is 5.78. The summed E-state index contributed by atoms with van der Waals surface area (Å²) in [5.41, 5.74) is 0.742. The minimum Gasteiger partial charge on any atom is -0.477 e. The SMILES string of the molecule is O=C(NCc1cccc(F)c1)c1ccc(C(=O)O)nc1. The lowest BCUT2D eigenvalue weighted by molar-refractivity contribution is 0.0689. The molecular weight excluding hydrogens is 263 g/mol. The maximum Gasteiger partial charge on any atom is 0.354 e. The monoisotopic (exact) mass is 274 g/mol. The van der Waals surface area contributed by atoms with Crippen molar-refractivity contribution in [3.05, 3.63) is 65.2 Å². The molecule has 1 aromatic carbocycles. The number of nitrogens with zero attached hydrogens (tertiary/aromatic N) is 1. The molecule has 0 saturated carbocycles. The van der Waals surface area contributed by atoms with Crippen molar-refractivity contribution in [3.63, 3.8) is 0 Å². The number of hydrogen-bond donors (Lipinski definition) is 2. The van der Waals surface area contributed by atoms with Crippen LogP contribution in [0.5, 0.6) is 0 Å². The molecule has 6 heteroatoms. The quantitative estimate of drug-likeness (QED) is 0.891. The van der Waals surface area contributed by atoms with Crippen LogP contribution in [-0.2, 0) is 6.54 Å². The summed E-state index contributed by atoms with van der Waals surface area (Å²) in [6.07, 6.45) is 1.18. The molecule has 0 aliphatic rings. The average Bonchev–Trinajstić information content (AvgIpc) is 2.45. The zero-order chi connectivity index (χ0) is 14.5. The van der Waals surface area contributed by atoms with Crippen LogP contribution in [0.3, 0.4) is 0 Å². The van der Waals surface area contributed by atoms with Gasteiger partial charge in [0.1, 0.15) is 11.5 Å². The van der Waals surface area contributed by atoms with Gasteiger partial charge in [0.15, 0.2) is 0 Å². The Morgan fingerprint density at radius 3 is 2.65 bits per heavy atom. The molecule has 1 heterocycles. The average molecular weight is 274 g/mol. The molecule has 0 unspecified atom stereocenters. The third-order valence-electron chi connectivity index (χ3n) is 2.59. The number of aromatic nitrogens is 1. The highest BCUT2D eigenvalue weighted by Gasteiger charge is 2.08. The van der Waals surface area contributed by atoms with Gasteiger partial charge in [-0.1, -0.05) is 12.1 Å². The summed E-state index contributed by atoms with van der Waals surface area (Å²) >= 11 is 0. The topological polar surface area (TPSA) is 79.3 Å². The van der Waals surface area contributed by atoms with E-state index < -0.39 is 11.9 Å². The summed E-state index contributed by atoms with van der Waals surface area (Å²) in [5, 5.41) is 11.3. The van der Waals surface area contributed by atoms with Gasteiger partial charge in [0.25, 0.3) is 5.91 Å². The van der Waals surface area contributed by atoms with Crippen molar-refractivity contribution in [3.8, 4) is 0 Å². The highest BCUT2D eigenvalue weighted by molar-refractivity contribution is 5.94. The van der Waals surface area contributed by atoms with Crippen molar-refractivity contribution in [2.75, 3.05) is 0 Å². The van der Waals surface area contributed by atoms with Crippen LogP contribution in [-0.4, -0.2) is 22.0 Å². The molecule has 0 radical (unpaired) electrons. The molecule has 20 heavy (non-hydrogen) atoms. The van der Waals surface area contributed by atoms with E-state index in [2.05, 4.69) is 10.3 Å². The maximum absolute atomic E-state index is 13.0. The van der Waals surface area contributed by atoms with Crippen LogP contribution >= 0.6 is 0 Å². The summed E-state index contributed by atoms with van der Waals surface area (Å²) in [6.45, 7) is 0.178. The number of rotatable bonds is 4. The summed E-state index contributed by atoms with van der Waals surface area (Å²) in [5.74, 6) is -1.93. The lowest BCUT2D eigenvalue weighted by Gasteiger charge is -2.05. The second-order valence-corrected chi connectivity index (χ2v) is 4.05. The molecule has 2 aromatic rings. The summed E-state index contributed by atoms with van der Waals surface area (Å²) in [6, 6.07) is 8.51. The fourth-order valence-electron chi connectivity index (χ4n) is 1.59. The van der Waals surface area contributed by atoms with Crippen molar-refractivity contribution < 1.29 is 19.1 Å². The Bertz CT molecular complexity index is 641. The predicted molar refractivity (Wildman–Crippen MR) is 68.8 cm³/mol. The van der Waals surface area contributed by atoms with Gasteiger partial charge in [-0.3, -0.25) is 4.79 Å². The molecular formula is C14H11FN2O3. The van der Waals surface area contributed by atoms with Gasteiger partial charge < -0.3 is 10.4 Å². The van der Waals surface area contributed by atoms with E-state index in [9.17, 15) is 14.0 Å². The van der Waals surface area contributed by atoms with E-state index in [1.54, 1.807) is 12.1 Å². The number of benzene rings is 1. The number of hydrogen-bond acceptors (Lipinski definition) is 3. The molecule has 1 aromatic heterocycles. The Labute approximate surface area is 114 Å². The zero-order valence-corrected chi connectivity index (χ0v) is 10.3. The Morgan fingerprint density at radius 2 is 2.05 bits per heavy atom. The maximum atomic E-state index is 13.0. The zero-order valence-electron chi connectivity index (χ0n) is 10.3. The van der Waals surface area contributed by atoms with Gasteiger partial charge in [-0.25, -0.2) is 14.2 Å². The fourth-order valence-corrected chi connectivity index (χ4v) is 1.59. The first-order valence-corrected chi connectivity index (χ1v) is 5.78. The van der Waals surface area contributed by atoms with Gasteiger partial charge in [0, 0.05) is 12.7 Å². The third kappa shape index (κ3) is 3.38. The van der Waals surface area contributed by atoms with Crippen LogP contribution in [0.1, 0.15) is 26.4 Å². The standard InChI is InChI=1S/C14H11FN2O3/c15-11-3-1-2-9(6-11)7-17-13(18)10-4-5-12(14(19)20)16-8-10/h1-6,8H,7H2,(H,17,18)(H,19,20). The van der Waals surface area contributed by atoms with Gasteiger partial charge in [0.05, 0.1) is 5.56 Å². The summed E-state index contributed by atoms with van der Waals surface area (Å²) in [4.78, 5) is 26.1. The van der Waals surface area contributed by atoms with Crippen LogP contribution in [0.2, 0.25) is 0 Å². The molecule has 0 spiro atoms. The molecule has 5 nitrogen and oxygen atoms in total. The summed E-state index contributed by atoms with van der Waals surface area (Å²) in [7, 11) is 0. The normalized spacial score (nSPS) is 10.1. The Balaban J connectivity index is 1.99. The summed E-state index contributed by atoms with van der Waals surface area (Å²) < 4.78 is 13.0. The fraction of sp³-hybridized carbons (Fsp3) is 0.0714. The lowest BCUT2D eigenvalue weighted by Crippen LogP contribution is -2.23. The Morgan fingerprint density at radius 1 is 1.25 bits per heavy atom. The van der Waals surface area contributed by atoms with E-state index in [-0.39, 0.29) is 23.6 Å². The number of carboxylic acids is 1. The number of carbonyl (C=O) groups excluding carboxylic acids is 1. The Kier molecular flexibility index (Phi) is 4.05. The molecule has 102 valence electrons. The molecule has 0 aliphatic heterocycles. The number of carbonyl (C=O) groups is 2. The van der Waals surface area contributed by atoms with E-state index in [0.29, 0.717) is 5.56 Å². The molecule has 0 atom stereocenters. The van der Waals surface area contributed by atoms with Gasteiger partial charge in [-0.05, 0) is 29.8 Å². The first-order chi connectivity index (χ1) is 9.56. The van der Waals surface area contributed by atoms with E-state index in [1.807, 2.05) is 0 Å². The van der Waals surface area contributed by atoms with Crippen LogP contribution in [0.4, 0.5) is 4.39 Å². The van der Waals surface area contributed by atoms with Gasteiger partial charge in [0.2, 0.25) is 0 Å². The van der Waals surface area contributed by atoms with Crippen LogP contribution in [0.25, 0.3) is 0 Å². The van der Waals surface area contributed by atoms with Crippen molar-refractivity contribution in [1.29, 1.82) is 0 Å². The number of aromatic carboxylic acids is 1. The molecule has 0 fully saturated rings. The minimum absolute atomic E-state index is 0.133. The van der Waals surface area contributed by atoms with Crippen molar-refractivity contribution >= 4 is 11.9 Å². The van der Waals surface area contributed by atoms with Gasteiger partial charge in [-0.15, -0.1) is 0 Å². The van der Waals surface area contributed by atoms with E-state index in [1.165, 1.54) is 30.5 Å². The highest BCUT2D eigenvalue weighted by Crippen LogP contribution is 2.04. The number of halogens is 1. The number of amides is 1. The van der Waals surface area contributed by atoms with Crippen molar-refractivity contribution in [2.45, 2.75) is 6.54 Å². The van der Waals surface area contributed by atoms with E-state index >= 15 is 0 Å². The minimum atomic E-state index is -1.16. The van der Waals surface area contributed by atoms with Crippen molar-refractivity contribution in [2.24, 2.45) is 0 Å². The molecule has 0 saturated heterocycles. The molecule has 2 rings (SSSR count). The first kappa shape index (κ1) is 13.7. The van der Waals surface area contributed by atoms with E-state index in [0.717, 1.165) is 0 Å². The molecule has 0 bridgehead atoms. The van der Waals surface area contributed by atoms with Crippen LogP contribution in [0, 0.1) is 5.82 Å². The lowest BCUT2D eigenvalue weighted by atomic mass is 10.2. The largest absolute Gasteiger partial charge is 0.477 e. The second kappa shape index (κ2) is 5.92. The second-order valence-electron chi connectivity index (χ2n) is 4.05. The smallest absolute Gasteiger partial charge is 0.354 e.